The van der Waals surface area contributed by atoms with Gasteiger partial charge in [-0.2, -0.15) is 5.10 Å². The Morgan fingerprint density at radius 1 is 1.38 bits per heavy atom. The molecule has 0 saturated heterocycles. The molecule has 3 rings (SSSR count). The summed E-state index contributed by atoms with van der Waals surface area (Å²) < 4.78 is 7.33. The number of halogens is 1. The molecular formula is C14H10BrN3O3. The van der Waals surface area contributed by atoms with Gasteiger partial charge < -0.3 is 9.52 Å². The van der Waals surface area contributed by atoms with Crippen molar-refractivity contribution in [1.82, 2.24) is 14.8 Å². The van der Waals surface area contributed by atoms with Crippen LogP contribution >= 0.6 is 15.9 Å². The Morgan fingerprint density at radius 2 is 2.19 bits per heavy atom. The third-order valence-corrected chi connectivity index (χ3v) is 3.31. The second-order valence-electron chi connectivity index (χ2n) is 4.44. The van der Waals surface area contributed by atoms with Crippen molar-refractivity contribution in [2.45, 2.75) is 6.92 Å². The number of aromatic nitrogens is 3. The molecule has 0 radical (unpaired) electrons. The number of hydrogen-bond donors (Lipinski definition) is 1. The number of carboxylic acids is 1. The van der Waals surface area contributed by atoms with Crippen molar-refractivity contribution in [2.24, 2.45) is 0 Å². The summed E-state index contributed by atoms with van der Waals surface area (Å²) in [5, 5.41) is 13.6. The Morgan fingerprint density at radius 3 is 2.81 bits per heavy atom. The number of carboxylic acid groups (broad SMARTS) is 1. The predicted molar refractivity (Wildman–Crippen MR) is 78.5 cm³/mol. The first-order chi connectivity index (χ1) is 10.0. The zero-order valence-electron chi connectivity index (χ0n) is 10.9. The van der Waals surface area contributed by atoms with Gasteiger partial charge >= 0.3 is 5.97 Å². The summed E-state index contributed by atoms with van der Waals surface area (Å²) in [6, 6.07) is 7.02. The molecule has 0 saturated carbocycles. The van der Waals surface area contributed by atoms with E-state index in [2.05, 4.69) is 26.0 Å². The number of carbonyl (C=O) groups is 1. The zero-order chi connectivity index (χ0) is 15.0. The highest BCUT2D eigenvalue weighted by Crippen LogP contribution is 2.27. The second-order valence-corrected chi connectivity index (χ2v) is 5.22. The normalized spacial score (nSPS) is 10.8. The van der Waals surface area contributed by atoms with Crippen LogP contribution in [0.2, 0.25) is 0 Å². The molecule has 7 heteroatoms. The number of hydrogen-bond acceptors (Lipinski definition) is 4. The van der Waals surface area contributed by atoms with Crippen molar-refractivity contribution >= 4 is 21.9 Å². The van der Waals surface area contributed by atoms with Crippen molar-refractivity contribution in [1.29, 1.82) is 0 Å². The summed E-state index contributed by atoms with van der Waals surface area (Å²) in [7, 11) is 0. The molecule has 0 spiro atoms. The third-order valence-electron chi connectivity index (χ3n) is 2.89. The van der Waals surface area contributed by atoms with Crippen molar-refractivity contribution in [3.8, 4) is 17.3 Å². The number of pyridine rings is 1. The molecule has 0 amide bonds. The Balaban J connectivity index is 2.15. The molecule has 0 atom stereocenters. The van der Waals surface area contributed by atoms with Gasteiger partial charge in [0, 0.05) is 12.4 Å². The molecule has 21 heavy (non-hydrogen) atoms. The molecule has 106 valence electrons. The van der Waals surface area contributed by atoms with E-state index in [0.717, 1.165) is 5.56 Å². The Bertz CT molecular complexity index is 822. The molecule has 3 heterocycles. The summed E-state index contributed by atoms with van der Waals surface area (Å²) >= 11 is 3.19. The van der Waals surface area contributed by atoms with Gasteiger partial charge in [-0.1, -0.05) is 0 Å². The maximum atomic E-state index is 11.4. The van der Waals surface area contributed by atoms with Gasteiger partial charge in [-0.25, -0.2) is 14.5 Å². The molecule has 0 bridgehead atoms. The lowest BCUT2D eigenvalue weighted by molar-refractivity contribution is 0.0697. The van der Waals surface area contributed by atoms with Crippen molar-refractivity contribution in [3.63, 3.8) is 0 Å². The van der Waals surface area contributed by atoms with Crippen molar-refractivity contribution in [2.75, 3.05) is 0 Å². The first kappa shape index (κ1) is 13.6. The maximum absolute atomic E-state index is 11.4. The summed E-state index contributed by atoms with van der Waals surface area (Å²) in [4.78, 5) is 15.6. The van der Waals surface area contributed by atoms with Gasteiger partial charge in [0.05, 0.1) is 0 Å². The van der Waals surface area contributed by atoms with Crippen LogP contribution in [0, 0.1) is 6.92 Å². The highest BCUT2D eigenvalue weighted by atomic mass is 79.9. The van der Waals surface area contributed by atoms with Crippen LogP contribution in [-0.2, 0) is 0 Å². The van der Waals surface area contributed by atoms with E-state index in [4.69, 9.17) is 4.42 Å². The average Bonchev–Trinajstić information content (AvgIpc) is 3.04. The second kappa shape index (κ2) is 5.17. The molecule has 0 aromatic carbocycles. The quantitative estimate of drug-likeness (QED) is 0.786. The van der Waals surface area contributed by atoms with Gasteiger partial charge in [0.25, 0.3) is 0 Å². The van der Waals surface area contributed by atoms with Gasteiger partial charge in [0.1, 0.15) is 11.3 Å². The summed E-state index contributed by atoms with van der Waals surface area (Å²) in [5.41, 5.74) is 1.33. The van der Waals surface area contributed by atoms with E-state index in [-0.39, 0.29) is 11.3 Å². The number of furan rings is 1. The van der Waals surface area contributed by atoms with Crippen LogP contribution in [0.5, 0.6) is 0 Å². The molecule has 0 aliphatic heterocycles. The minimum Gasteiger partial charge on any atom is -0.478 e. The van der Waals surface area contributed by atoms with Crippen LogP contribution in [0.15, 0.2) is 45.7 Å². The van der Waals surface area contributed by atoms with Gasteiger partial charge in [0.2, 0.25) is 0 Å². The molecule has 3 aromatic rings. The van der Waals surface area contributed by atoms with E-state index in [0.29, 0.717) is 16.2 Å². The summed E-state index contributed by atoms with van der Waals surface area (Å²) in [5.74, 6) is -0.142. The molecular weight excluding hydrogens is 338 g/mol. The molecule has 0 unspecified atom stereocenters. The largest absolute Gasteiger partial charge is 0.478 e. The van der Waals surface area contributed by atoms with E-state index >= 15 is 0 Å². The molecule has 0 aliphatic rings. The molecule has 6 nitrogen and oxygen atoms in total. The van der Waals surface area contributed by atoms with E-state index in [1.54, 1.807) is 18.3 Å². The van der Waals surface area contributed by atoms with Crippen molar-refractivity contribution < 1.29 is 14.3 Å². The minimum absolute atomic E-state index is 0.0557. The minimum atomic E-state index is -1.07. The van der Waals surface area contributed by atoms with E-state index in [9.17, 15) is 9.90 Å². The lowest BCUT2D eigenvalue weighted by Gasteiger charge is -2.00. The SMILES string of the molecule is Cc1ccnc(-n2cc(C(=O)O)c(-c3ccc(Br)o3)n2)c1. The van der Waals surface area contributed by atoms with E-state index in [1.807, 2.05) is 19.1 Å². The van der Waals surface area contributed by atoms with E-state index in [1.165, 1.54) is 10.9 Å². The van der Waals surface area contributed by atoms with Gasteiger partial charge in [-0.05, 0) is 52.7 Å². The van der Waals surface area contributed by atoms with Crippen LogP contribution in [0.4, 0.5) is 0 Å². The fourth-order valence-electron chi connectivity index (χ4n) is 1.92. The fraction of sp³-hybridized carbons (Fsp3) is 0.0714. The lowest BCUT2D eigenvalue weighted by Crippen LogP contribution is -1.98. The summed E-state index contributed by atoms with van der Waals surface area (Å²) in [6.07, 6.45) is 3.08. The monoisotopic (exact) mass is 347 g/mol. The third kappa shape index (κ3) is 2.59. The van der Waals surface area contributed by atoms with Crippen LogP contribution in [0.3, 0.4) is 0 Å². The fourth-order valence-corrected chi connectivity index (χ4v) is 2.22. The smallest absolute Gasteiger partial charge is 0.339 e. The van der Waals surface area contributed by atoms with Gasteiger partial charge in [0.15, 0.2) is 16.2 Å². The highest BCUT2D eigenvalue weighted by molar-refractivity contribution is 9.10. The maximum Gasteiger partial charge on any atom is 0.339 e. The Hall–Kier alpha value is -2.41. The molecule has 3 aromatic heterocycles. The highest BCUT2D eigenvalue weighted by Gasteiger charge is 2.20. The van der Waals surface area contributed by atoms with Crippen molar-refractivity contribution in [3.05, 3.63) is 52.5 Å². The number of rotatable bonds is 3. The number of aromatic carboxylic acids is 1. The van der Waals surface area contributed by atoms with Gasteiger partial charge in [-0.15, -0.1) is 0 Å². The standard InChI is InChI=1S/C14H10BrN3O3/c1-8-4-5-16-12(6-8)18-7-9(14(19)20)13(17-18)10-2-3-11(15)21-10/h2-7H,1H3,(H,19,20). The van der Waals surface area contributed by atoms with E-state index < -0.39 is 5.97 Å². The lowest BCUT2D eigenvalue weighted by atomic mass is 10.2. The Labute approximate surface area is 128 Å². The van der Waals surface area contributed by atoms with Crippen LogP contribution in [0.25, 0.3) is 17.3 Å². The summed E-state index contributed by atoms with van der Waals surface area (Å²) in [6.45, 7) is 1.93. The average molecular weight is 348 g/mol. The number of aryl methyl sites for hydroxylation is 1. The zero-order valence-corrected chi connectivity index (χ0v) is 12.5. The van der Waals surface area contributed by atoms with Crippen LogP contribution in [0.1, 0.15) is 15.9 Å². The molecule has 0 fully saturated rings. The first-order valence-corrected chi connectivity index (χ1v) is 6.85. The van der Waals surface area contributed by atoms with Crippen LogP contribution < -0.4 is 0 Å². The Kier molecular flexibility index (Phi) is 3.34. The molecule has 0 aliphatic carbocycles. The predicted octanol–water partition coefficient (Wildman–Crippen LogP) is 3.30. The van der Waals surface area contributed by atoms with Crippen LogP contribution in [-0.4, -0.2) is 25.8 Å². The number of nitrogens with zero attached hydrogens (tertiary/aromatic N) is 3. The topological polar surface area (TPSA) is 81.2 Å². The first-order valence-electron chi connectivity index (χ1n) is 6.06. The molecule has 1 N–H and O–H groups in total. The van der Waals surface area contributed by atoms with Gasteiger partial charge in [-0.3, -0.25) is 0 Å².